The fraction of sp³-hybridized carbons (Fsp3) is 0.0938. The molecule has 200 valence electrons. The molecule has 1 saturated heterocycles. The van der Waals surface area contributed by atoms with E-state index in [1.54, 1.807) is 48.5 Å². The highest BCUT2D eigenvalue weighted by Crippen LogP contribution is 2.27. The minimum Gasteiger partial charge on any atom is -0.496 e. The molecule has 0 aliphatic carbocycles. The first-order chi connectivity index (χ1) is 19.4. The molecule has 8 heteroatoms. The Labute approximate surface area is 230 Å². The maximum absolute atomic E-state index is 13.6. The SMILES string of the molecule is COc1cc(/C=C2\C(=O)NC(=O)N(c3ccc(OCc4ccccc4)cc3)C2=O)ccc1Cc1cccc(F)c1. The normalized spacial score (nSPS) is 14.3. The van der Waals surface area contributed by atoms with E-state index in [0.29, 0.717) is 30.1 Å². The van der Waals surface area contributed by atoms with Gasteiger partial charge in [0.05, 0.1) is 12.8 Å². The number of hydrogen-bond donors (Lipinski definition) is 1. The third kappa shape index (κ3) is 5.91. The Morgan fingerprint density at radius 3 is 2.33 bits per heavy atom. The van der Waals surface area contributed by atoms with Crippen molar-refractivity contribution in [1.82, 2.24) is 5.32 Å². The van der Waals surface area contributed by atoms with Gasteiger partial charge < -0.3 is 9.47 Å². The molecule has 1 fully saturated rings. The summed E-state index contributed by atoms with van der Waals surface area (Å²) in [5.74, 6) is -0.796. The molecule has 1 aliphatic heterocycles. The number of imide groups is 2. The zero-order valence-corrected chi connectivity index (χ0v) is 21.6. The highest BCUT2D eigenvalue weighted by atomic mass is 19.1. The van der Waals surface area contributed by atoms with Crippen molar-refractivity contribution in [2.75, 3.05) is 12.0 Å². The Hall–Kier alpha value is -5.24. The second kappa shape index (κ2) is 11.7. The van der Waals surface area contributed by atoms with Gasteiger partial charge in [-0.3, -0.25) is 14.9 Å². The minimum absolute atomic E-state index is 0.205. The topological polar surface area (TPSA) is 84.9 Å². The van der Waals surface area contributed by atoms with Gasteiger partial charge in [-0.25, -0.2) is 14.1 Å². The van der Waals surface area contributed by atoms with Crippen molar-refractivity contribution in [1.29, 1.82) is 0 Å². The summed E-state index contributed by atoms with van der Waals surface area (Å²) in [6, 6.07) is 26.8. The van der Waals surface area contributed by atoms with E-state index in [1.807, 2.05) is 36.4 Å². The Bertz CT molecular complexity index is 1600. The first kappa shape index (κ1) is 26.4. The maximum Gasteiger partial charge on any atom is 0.335 e. The number of benzene rings is 4. The molecule has 40 heavy (non-hydrogen) atoms. The maximum atomic E-state index is 13.6. The van der Waals surface area contributed by atoms with Gasteiger partial charge in [-0.15, -0.1) is 0 Å². The van der Waals surface area contributed by atoms with Crippen LogP contribution in [-0.2, 0) is 22.6 Å². The zero-order chi connectivity index (χ0) is 28.1. The fourth-order valence-corrected chi connectivity index (χ4v) is 4.35. The number of halogens is 1. The molecule has 0 aromatic heterocycles. The molecule has 4 amide bonds. The van der Waals surface area contributed by atoms with Crippen molar-refractivity contribution in [2.24, 2.45) is 0 Å². The van der Waals surface area contributed by atoms with Crippen molar-refractivity contribution in [3.63, 3.8) is 0 Å². The number of carbonyl (C=O) groups excluding carboxylic acids is 3. The molecule has 0 radical (unpaired) electrons. The number of rotatable bonds is 8. The molecule has 4 aromatic rings. The highest BCUT2D eigenvalue weighted by molar-refractivity contribution is 6.39. The van der Waals surface area contributed by atoms with E-state index < -0.39 is 17.8 Å². The van der Waals surface area contributed by atoms with E-state index in [9.17, 15) is 18.8 Å². The van der Waals surface area contributed by atoms with Gasteiger partial charge in [-0.05, 0) is 70.8 Å². The van der Waals surface area contributed by atoms with Crippen LogP contribution in [0, 0.1) is 5.82 Å². The first-order valence-corrected chi connectivity index (χ1v) is 12.5. The summed E-state index contributed by atoms with van der Waals surface area (Å²) in [6.07, 6.45) is 1.84. The Morgan fingerprint density at radius 2 is 1.60 bits per heavy atom. The summed E-state index contributed by atoms with van der Waals surface area (Å²) in [6.45, 7) is 0.370. The van der Waals surface area contributed by atoms with Crippen LogP contribution in [0.25, 0.3) is 6.08 Å². The van der Waals surface area contributed by atoms with Gasteiger partial charge in [0, 0.05) is 6.42 Å². The summed E-state index contributed by atoms with van der Waals surface area (Å²) in [5, 5.41) is 2.23. The second-order valence-electron chi connectivity index (χ2n) is 9.10. The Balaban J connectivity index is 1.35. The second-order valence-corrected chi connectivity index (χ2v) is 9.10. The third-order valence-electron chi connectivity index (χ3n) is 6.35. The minimum atomic E-state index is -0.840. The molecular formula is C32H25FN2O5. The first-order valence-electron chi connectivity index (χ1n) is 12.5. The van der Waals surface area contributed by atoms with Gasteiger partial charge in [-0.2, -0.15) is 0 Å². The third-order valence-corrected chi connectivity index (χ3v) is 6.35. The van der Waals surface area contributed by atoms with Crippen molar-refractivity contribution in [3.05, 3.63) is 131 Å². The molecule has 0 saturated carbocycles. The number of amides is 4. The van der Waals surface area contributed by atoms with Crippen molar-refractivity contribution >= 4 is 29.6 Å². The number of carbonyl (C=O) groups is 3. The van der Waals surface area contributed by atoms with Gasteiger partial charge in [-0.1, -0.05) is 54.6 Å². The largest absolute Gasteiger partial charge is 0.496 e. The summed E-state index contributed by atoms with van der Waals surface area (Å²) >= 11 is 0. The molecule has 4 aromatic carbocycles. The zero-order valence-electron chi connectivity index (χ0n) is 21.6. The van der Waals surface area contributed by atoms with Crippen LogP contribution in [0.5, 0.6) is 11.5 Å². The number of anilines is 1. The van der Waals surface area contributed by atoms with E-state index in [-0.39, 0.29) is 17.1 Å². The van der Waals surface area contributed by atoms with E-state index >= 15 is 0 Å². The highest BCUT2D eigenvalue weighted by Gasteiger charge is 2.36. The van der Waals surface area contributed by atoms with E-state index in [1.165, 1.54) is 25.3 Å². The van der Waals surface area contributed by atoms with E-state index in [0.717, 1.165) is 21.6 Å². The molecule has 5 rings (SSSR count). The summed E-state index contributed by atoms with van der Waals surface area (Å²) in [7, 11) is 1.51. The molecule has 7 nitrogen and oxygen atoms in total. The molecule has 0 atom stereocenters. The fourth-order valence-electron chi connectivity index (χ4n) is 4.35. The Kier molecular flexibility index (Phi) is 7.68. The van der Waals surface area contributed by atoms with Gasteiger partial charge in [0.15, 0.2) is 0 Å². The van der Waals surface area contributed by atoms with Gasteiger partial charge >= 0.3 is 6.03 Å². The quantitative estimate of drug-likeness (QED) is 0.232. The lowest BCUT2D eigenvalue weighted by molar-refractivity contribution is -0.122. The van der Waals surface area contributed by atoms with E-state index in [4.69, 9.17) is 9.47 Å². The number of nitrogens with zero attached hydrogens (tertiary/aromatic N) is 1. The van der Waals surface area contributed by atoms with Crippen LogP contribution in [0.4, 0.5) is 14.9 Å². The smallest absolute Gasteiger partial charge is 0.335 e. The predicted octanol–water partition coefficient (Wildman–Crippen LogP) is 5.67. The van der Waals surface area contributed by atoms with Crippen LogP contribution in [-0.4, -0.2) is 25.0 Å². The molecule has 0 unspecified atom stereocenters. The van der Waals surface area contributed by atoms with Crippen LogP contribution >= 0.6 is 0 Å². The monoisotopic (exact) mass is 536 g/mol. The lowest BCUT2D eigenvalue weighted by atomic mass is 10.0. The summed E-state index contributed by atoms with van der Waals surface area (Å²) < 4.78 is 24.9. The molecule has 1 N–H and O–H groups in total. The Morgan fingerprint density at radius 1 is 0.850 bits per heavy atom. The standard InChI is InChI=1S/C32H25FN2O5/c1-39-29-19-23(10-11-24(29)16-22-8-5-9-25(33)17-22)18-28-30(36)34-32(38)35(31(28)37)26-12-14-27(15-13-26)40-20-21-6-3-2-4-7-21/h2-15,17-19H,16,20H2,1H3,(H,34,36,38)/b28-18+. The predicted molar refractivity (Wildman–Crippen MR) is 148 cm³/mol. The number of urea groups is 1. The van der Waals surface area contributed by atoms with Crippen LogP contribution in [0.3, 0.4) is 0 Å². The van der Waals surface area contributed by atoms with Crippen molar-refractivity contribution < 1.29 is 28.2 Å². The van der Waals surface area contributed by atoms with Crippen LogP contribution in [0.2, 0.25) is 0 Å². The van der Waals surface area contributed by atoms with Gasteiger partial charge in [0.2, 0.25) is 0 Å². The van der Waals surface area contributed by atoms with Gasteiger partial charge in [0.25, 0.3) is 11.8 Å². The van der Waals surface area contributed by atoms with Gasteiger partial charge in [0.1, 0.15) is 29.5 Å². The van der Waals surface area contributed by atoms with E-state index in [2.05, 4.69) is 5.32 Å². The van der Waals surface area contributed by atoms with Crippen LogP contribution in [0.15, 0.2) is 103 Å². The van der Waals surface area contributed by atoms with Crippen LogP contribution < -0.4 is 19.7 Å². The number of ether oxygens (including phenoxy) is 2. The molecular weight excluding hydrogens is 511 g/mol. The average Bonchev–Trinajstić information content (AvgIpc) is 2.96. The molecule has 1 aliphatic rings. The number of methoxy groups -OCH3 is 1. The van der Waals surface area contributed by atoms with Crippen molar-refractivity contribution in [3.8, 4) is 11.5 Å². The molecule has 1 heterocycles. The lowest BCUT2D eigenvalue weighted by Gasteiger charge is -2.26. The number of hydrogen-bond acceptors (Lipinski definition) is 5. The lowest BCUT2D eigenvalue weighted by Crippen LogP contribution is -2.54. The van der Waals surface area contributed by atoms with Crippen LogP contribution in [0.1, 0.15) is 22.3 Å². The number of barbiturate groups is 1. The average molecular weight is 537 g/mol. The summed E-state index contributed by atoms with van der Waals surface area (Å²) in [4.78, 5) is 39.5. The molecule has 0 bridgehead atoms. The number of nitrogens with one attached hydrogen (secondary N) is 1. The summed E-state index contributed by atoms with van der Waals surface area (Å²) in [5.41, 5.74) is 3.19. The molecule has 0 spiro atoms. The van der Waals surface area contributed by atoms with Crippen molar-refractivity contribution in [2.45, 2.75) is 13.0 Å².